The minimum atomic E-state index is 0.620. The molecule has 1 aromatic rings. The molecule has 0 amide bonds. The summed E-state index contributed by atoms with van der Waals surface area (Å²) < 4.78 is 5.59. The number of fused-ring (bicyclic) bond motifs is 1. The minimum Gasteiger partial charge on any atom is -0.493 e. The van der Waals surface area contributed by atoms with Crippen LogP contribution < -0.4 is 10.1 Å². The molecule has 0 aromatic heterocycles. The number of benzene rings is 1. The van der Waals surface area contributed by atoms with Crippen molar-refractivity contribution in [3.05, 3.63) is 29.3 Å². The third-order valence-corrected chi connectivity index (χ3v) is 4.84. The van der Waals surface area contributed by atoms with Gasteiger partial charge in [-0.15, -0.1) is 0 Å². The fourth-order valence-electron chi connectivity index (χ4n) is 3.06. The molecule has 0 spiro atoms. The van der Waals surface area contributed by atoms with Gasteiger partial charge >= 0.3 is 0 Å². The number of rotatable bonds is 8. The molecule has 2 unspecified atom stereocenters. The molecule has 2 atom stereocenters. The first-order valence-corrected chi connectivity index (χ1v) is 8.59. The van der Waals surface area contributed by atoms with Crippen LogP contribution in [0.3, 0.4) is 0 Å². The Kier molecular flexibility index (Phi) is 6.10. The molecule has 2 rings (SSSR count). The van der Waals surface area contributed by atoms with E-state index in [0.717, 1.165) is 37.7 Å². The Morgan fingerprint density at radius 3 is 2.76 bits per heavy atom. The fraction of sp³-hybridized carbons (Fsp3) is 0.684. The van der Waals surface area contributed by atoms with Crippen molar-refractivity contribution >= 4 is 0 Å². The van der Waals surface area contributed by atoms with Crippen molar-refractivity contribution in [3.8, 4) is 5.75 Å². The first-order chi connectivity index (χ1) is 10.1. The fourth-order valence-corrected chi connectivity index (χ4v) is 3.06. The van der Waals surface area contributed by atoms with Gasteiger partial charge in [0.05, 0.1) is 6.61 Å². The summed E-state index contributed by atoms with van der Waals surface area (Å²) >= 11 is 0. The summed E-state index contributed by atoms with van der Waals surface area (Å²) in [6, 6.07) is 7.35. The van der Waals surface area contributed by atoms with Crippen molar-refractivity contribution in [1.29, 1.82) is 0 Å². The van der Waals surface area contributed by atoms with Crippen LogP contribution >= 0.6 is 0 Å². The minimum absolute atomic E-state index is 0.620. The van der Waals surface area contributed by atoms with Gasteiger partial charge in [0.1, 0.15) is 5.75 Å². The molecule has 0 saturated heterocycles. The van der Waals surface area contributed by atoms with Gasteiger partial charge in [0.2, 0.25) is 0 Å². The molecule has 118 valence electrons. The summed E-state index contributed by atoms with van der Waals surface area (Å²) in [4.78, 5) is 0. The van der Waals surface area contributed by atoms with E-state index in [0.29, 0.717) is 12.0 Å². The van der Waals surface area contributed by atoms with Crippen LogP contribution in [-0.2, 0) is 12.8 Å². The average Bonchev–Trinajstić information content (AvgIpc) is 2.94. The number of ether oxygens (including phenoxy) is 1. The molecule has 2 heteroatoms. The number of hydrogen-bond donors (Lipinski definition) is 1. The van der Waals surface area contributed by atoms with E-state index < -0.39 is 0 Å². The Hall–Kier alpha value is -1.02. The molecule has 0 aliphatic carbocycles. The molecule has 1 aromatic carbocycles. The Morgan fingerprint density at radius 1 is 1.24 bits per heavy atom. The Labute approximate surface area is 130 Å². The van der Waals surface area contributed by atoms with E-state index in [1.807, 2.05) is 0 Å². The maximum Gasteiger partial charge on any atom is 0.122 e. The van der Waals surface area contributed by atoms with Gasteiger partial charge in [0, 0.05) is 12.5 Å². The molecule has 0 saturated carbocycles. The van der Waals surface area contributed by atoms with Crippen molar-refractivity contribution in [1.82, 2.24) is 5.32 Å². The van der Waals surface area contributed by atoms with E-state index in [1.54, 1.807) is 0 Å². The van der Waals surface area contributed by atoms with Gasteiger partial charge < -0.3 is 10.1 Å². The third-order valence-electron chi connectivity index (χ3n) is 4.84. The van der Waals surface area contributed by atoms with Crippen molar-refractivity contribution < 1.29 is 4.74 Å². The van der Waals surface area contributed by atoms with Crippen LogP contribution in [0.5, 0.6) is 5.75 Å². The Balaban J connectivity index is 1.94. The summed E-state index contributed by atoms with van der Waals surface area (Å²) in [5, 5.41) is 3.75. The molecule has 0 bridgehead atoms. The summed E-state index contributed by atoms with van der Waals surface area (Å²) in [7, 11) is 0. The van der Waals surface area contributed by atoms with Gasteiger partial charge in [-0.05, 0) is 54.8 Å². The van der Waals surface area contributed by atoms with Crippen molar-refractivity contribution in [2.75, 3.05) is 13.2 Å². The lowest BCUT2D eigenvalue weighted by Gasteiger charge is -2.28. The van der Waals surface area contributed by atoms with Gasteiger partial charge in [-0.25, -0.2) is 0 Å². The van der Waals surface area contributed by atoms with Crippen LogP contribution in [0.25, 0.3) is 0 Å². The van der Waals surface area contributed by atoms with E-state index in [-0.39, 0.29) is 0 Å². The summed E-state index contributed by atoms with van der Waals surface area (Å²) in [6.45, 7) is 11.3. The Morgan fingerprint density at radius 2 is 2.05 bits per heavy atom. The molecule has 0 radical (unpaired) electrons. The maximum atomic E-state index is 5.59. The molecule has 2 nitrogen and oxygen atoms in total. The quantitative estimate of drug-likeness (QED) is 0.774. The normalized spacial score (nSPS) is 16.6. The van der Waals surface area contributed by atoms with E-state index in [1.165, 1.54) is 24.0 Å². The Bertz CT molecular complexity index is 441. The zero-order valence-corrected chi connectivity index (χ0v) is 14.1. The van der Waals surface area contributed by atoms with Gasteiger partial charge in [-0.3, -0.25) is 0 Å². The van der Waals surface area contributed by atoms with Crippen molar-refractivity contribution in [2.45, 2.75) is 59.4 Å². The first-order valence-electron chi connectivity index (χ1n) is 8.59. The lowest BCUT2D eigenvalue weighted by atomic mass is 9.86. The van der Waals surface area contributed by atoms with Crippen LogP contribution in [0.1, 0.15) is 51.7 Å². The topological polar surface area (TPSA) is 21.3 Å². The van der Waals surface area contributed by atoms with Crippen molar-refractivity contribution in [3.63, 3.8) is 0 Å². The molecule has 1 aliphatic rings. The summed E-state index contributed by atoms with van der Waals surface area (Å²) in [5.41, 5.74) is 2.85. The summed E-state index contributed by atoms with van der Waals surface area (Å²) in [6.07, 6.45) is 4.66. The van der Waals surface area contributed by atoms with Gasteiger partial charge in [-0.2, -0.15) is 0 Å². The van der Waals surface area contributed by atoms with E-state index in [4.69, 9.17) is 4.74 Å². The monoisotopic (exact) mass is 289 g/mol. The largest absolute Gasteiger partial charge is 0.493 e. The zero-order valence-electron chi connectivity index (χ0n) is 14.1. The van der Waals surface area contributed by atoms with Crippen molar-refractivity contribution in [2.24, 2.45) is 11.8 Å². The predicted molar refractivity (Wildman–Crippen MR) is 90.0 cm³/mol. The lowest BCUT2D eigenvalue weighted by Crippen LogP contribution is -2.38. The number of nitrogens with one attached hydrogen (secondary N) is 1. The van der Waals surface area contributed by atoms with E-state index in [2.05, 4.69) is 51.2 Å². The zero-order chi connectivity index (χ0) is 15.2. The highest BCUT2D eigenvalue weighted by Gasteiger charge is 2.20. The summed E-state index contributed by atoms with van der Waals surface area (Å²) in [5.74, 6) is 2.54. The second-order valence-electron chi connectivity index (χ2n) is 6.74. The second-order valence-corrected chi connectivity index (χ2v) is 6.74. The SMILES string of the molecule is CCCNC(CCc1ccc2c(c1)CCO2)C(C)C(C)C. The number of hydrogen-bond acceptors (Lipinski definition) is 2. The van der Waals surface area contributed by atoms with Crippen LogP contribution in [0.2, 0.25) is 0 Å². The van der Waals surface area contributed by atoms with E-state index in [9.17, 15) is 0 Å². The van der Waals surface area contributed by atoms with Gasteiger partial charge in [0.15, 0.2) is 0 Å². The third kappa shape index (κ3) is 4.47. The molecule has 1 N–H and O–H groups in total. The lowest BCUT2D eigenvalue weighted by molar-refractivity contribution is 0.286. The second kappa shape index (κ2) is 7.84. The number of aryl methyl sites for hydroxylation is 1. The van der Waals surface area contributed by atoms with Crippen LogP contribution in [0.15, 0.2) is 18.2 Å². The molecular weight excluding hydrogens is 258 g/mol. The van der Waals surface area contributed by atoms with E-state index >= 15 is 0 Å². The molecular formula is C19H31NO. The van der Waals surface area contributed by atoms with Crippen LogP contribution in [0.4, 0.5) is 0 Å². The van der Waals surface area contributed by atoms with Gasteiger partial charge in [-0.1, -0.05) is 39.8 Å². The smallest absolute Gasteiger partial charge is 0.122 e. The van der Waals surface area contributed by atoms with Crippen LogP contribution in [-0.4, -0.2) is 19.2 Å². The molecule has 21 heavy (non-hydrogen) atoms. The standard InChI is InChI=1S/C19H31NO/c1-5-11-20-18(15(4)14(2)3)8-6-16-7-9-19-17(13-16)10-12-21-19/h7,9,13-15,18,20H,5-6,8,10-12H2,1-4H3. The van der Waals surface area contributed by atoms with Gasteiger partial charge in [0.25, 0.3) is 0 Å². The highest BCUT2D eigenvalue weighted by Crippen LogP contribution is 2.27. The predicted octanol–water partition coefficient (Wildman–Crippen LogP) is 4.21. The molecule has 0 fully saturated rings. The first kappa shape index (κ1) is 16.4. The molecule has 1 heterocycles. The average molecular weight is 289 g/mol. The highest BCUT2D eigenvalue weighted by atomic mass is 16.5. The maximum absolute atomic E-state index is 5.59. The highest BCUT2D eigenvalue weighted by molar-refractivity contribution is 5.39. The van der Waals surface area contributed by atoms with Crippen LogP contribution in [0, 0.1) is 11.8 Å². The molecule has 1 aliphatic heterocycles.